The molecular formula is C22H28O7. The molecule has 0 amide bonds. The van der Waals surface area contributed by atoms with Crippen LogP contribution < -0.4 is 0 Å². The van der Waals surface area contributed by atoms with Crippen LogP contribution in [0.5, 0.6) is 0 Å². The van der Waals surface area contributed by atoms with Gasteiger partial charge in [0.15, 0.2) is 5.78 Å². The van der Waals surface area contributed by atoms with Crippen LogP contribution in [-0.2, 0) is 28.7 Å². The number of carboxylic acids is 1. The molecule has 0 radical (unpaired) electrons. The molecule has 3 rings (SSSR count). The topological polar surface area (TPSA) is 107 Å². The minimum Gasteiger partial charge on any atom is -0.481 e. The molecular weight excluding hydrogens is 376 g/mol. The molecule has 1 spiro atoms. The Hall–Kier alpha value is -2.44. The first-order valence-electron chi connectivity index (χ1n) is 10.0. The highest BCUT2D eigenvalue weighted by molar-refractivity contribution is 6.05. The highest BCUT2D eigenvalue weighted by Gasteiger charge is 2.60. The normalized spacial score (nSPS) is 29.4. The number of esters is 2. The van der Waals surface area contributed by atoms with Gasteiger partial charge in [0, 0.05) is 42.2 Å². The number of rotatable bonds is 7. The van der Waals surface area contributed by atoms with Crippen LogP contribution in [0.15, 0.2) is 22.8 Å². The van der Waals surface area contributed by atoms with Gasteiger partial charge in [0.1, 0.15) is 12.7 Å². The van der Waals surface area contributed by atoms with Gasteiger partial charge >= 0.3 is 17.9 Å². The van der Waals surface area contributed by atoms with Gasteiger partial charge in [-0.25, -0.2) is 0 Å². The molecule has 1 saturated carbocycles. The number of carbonyl (C=O) groups excluding carboxylic acids is 3. The van der Waals surface area contributed by atoms with Crippen LogP contribution in [0.4, 0.5) is 0 Å². The number of hydrogen-bond donors (Lipinski definition) is 1. The Morgan fingerprint density at radius 1 is 1.24 bits per heavy atom. The van der Waals surface area contributed by atoms with Crippen molar-refractivity contribution in [3.63, 3.8) is 0 Å². The Kier molecular flexibility index (Phi) is 5.45. The average molecular weight is 404 g/mol. The van der Waals surface area contributed by atoms with Crippen molar-refractivity contribution in [2.24, 2.45) is 16.7 Å². The summed E-state index contributed by atoms with van der Waals surface area (Å²) in [5.41, 5.74) is 1.36. The molecule has 0 aromatic carbocycles. The SMILES string of the molecule is CC(=O)OCC1(C)C=C2C(=O)[C@@H](C)C3(CC3)C(C)=C2C1OC(=O)CCCC(=O)O. The lowest BCUT2D eigenvalue weighted by Crippen LogP contribution is -2.39. The summed E-state index contributed by atoms with van der Waals surface area (Å²) in [6, 6.07) is 0. The van der Waals surface area contributed by atoms with Crippen LogP contribution in [0.3, 0.4) is 0 Å². The minimum atomic E-state index is -0.969. The number of ketones is 1. The molecule has 3 aliphatic carbocycles. The minimum absolute atomic E-state index is 0.00958. The average Bonchev–Trinajstić information content (AvgIpc) is 3.38. The summed E-state index contributed by atoms with van der Waals surface area (Å²) in [6.45, 7) is 7.06. The number of Topliss-reactive ketones (excluding diaryl/α,β-unsaturated/α-hetero) is 1. The maximum atomic E-state index is 13.1. The number of allylic oxidation sites excluding steroid dienone is 1. The van der Waals surface area contributed by atoms with Crippen LogP contribution in [-0.4, -0.2) is 41.5 Å². The fraction of sp³-hybridized carbons (Fsp3) is 0.636. The summed E-state index contributed by atoms with van der Waals surface area (Å²) in [6.07, 6.45) is 2.96. The van der Waals surface area contributed by atoms with Gasteiger partial charge in [-0.2, -0.15) is 0 Å². The van der Waals surface area contributed by atoms with Gasteiger partial charge in [-0.15, -0.1) is 0 Å². The number of fused-ring (bicyclic) bond motifs is 1. The Morgan fingerprint density at radius 2 is 1.90 bits per heavy atom. The third kappa shape index (κ3) is 3.74. The Morgan fingerprint density at radius 3 is 2.45 bits per heavy atom. The molecule has 0 saturated heterocycles. The molecule has 0 bridgehead atoms. The lowest BCUT2D eigenvalue weighted by molar-refractivity contribution is -0.155. The highest BCUT2D eigenvalue weighted by atomic mass is 16.6. The first kappa shape index (κ1) is 21.3. The Labute approximate surface area is 170 Å². The summed E-state index contributed by atoms with van der Waals surface area (Å²) in [4.78, 5) is 47.7. The maximum Gasteiger partial charge on any atom is 0.306 e. The molecule has 3 aliphatic rings. The van der Waals surface area contributed by atoms with E-state index >= 15 is 0 Å². The van der Waals surface area contributed by atoms with Crippen LogP contribution in [0, 0.1) is 16.7 Å². The van der Waals surface area contributed by atoms with Crippen molar-refractivity contribution in [2.45, 2.75) is 65.9 Å². The Balaban J connectivity index is 1.92. The van der Waals surface area contributed by atoms with Crippen LogP contribution >= 0.6 is 0 Å². The molecule has 0 heterocycles. The van der Waals surface area contributed by atoms with E-state index in [4.69, 9.17) is 14.6 Å². The zero-order chi connectivity index (χ0) is 21.6. The van der Waals surface area contributed by atoms with Crippen molar-refractivity contribution < 1.29 is 33.8 Å². The first-order valence-corrected chi connectivity index (χ1v) is 10.0. The van der Waals surface area contributed by atoms with Gasteiger partial charge < -0.3 is 14.6 Å². The molecule has 1 N–H and O–H groups in total. The van der Waals surface area contributed by atoms with E-state index in [2.05, 4.69) is 0 Å². The zero-order valence-corrected chi connectivity index (χ0v) is 17.4. The second-order valence-corrected chi connectivity index (χ2v) is 8.74. The van der Waals surface area contributed by atoms with Crippen LogP contribution in [0.2, 0.25) is 0 Å². The summed E-state index contributed by atoms with van der Waals surface area (Å²) < 4.78 is 11.0. The van der Waals surface area contributed by atoms with Crippen molar-refractivity contribution in [1.82, 2.24) is 0 Å². The van der Waals surface area contributed by atoms with E-state index < -0.39 is 29.4 Å². The molecule has 29 heavy (non-hydrogen) atoms. The van der Waals surface area contributed by atoms with Gasteiger partial charge in [-0.05, 0) is 33.1 Å². The van der Waals surface area contributed by atoms with E-state index in [9.17, 15) is 19.2 Å². The van der Waals surface area contributed by atoms with E-state index in [0.29, 0.717) is 5.57 Å². The van der Waals surface area contributed by atoms with Crippen LogP contribution in [0.25, 0.3) is 0 Å². The number of carboxylic acid groups (broad SMARTS) is 1. The van der Waals surface area contributed by atoms with E-state index in [1.807, 2.05) is 20.8 Å². The predicted molar refractivity (Wildman–Crippen MR) is 103 cm³/mol. The molecule has 1 fully saturated rings. The summed E-state index contributed by atoms with van der Waals surface area (Å²) in [7, 11) is 0. The first-order chi connectivity index (χ1) is 13.5. The van der Waals surface area contributed by atoms with E-state index in [1.165, 1.54) is 6.92 Å². The summed E-state index contributed by atoms with van der Waals surface area (Å²) in [5.74, 6) is -2.02. The summed E-state index contributed by atoms with van der Waals surface area (Å²) >= 11 is 0. The predicted octanol–water partition coefficient (Wildman–Crippen LogP) is 2.98. The fourth-order valence-corrected chi connectivity index (χ4v) is 4.72. The number of ether oxygens (including phenoxy) is 2. The molecule has 0 aliphatic heterocycles. The third-order valence-electron chi connectivity index (χ3n) is 6.66. The lowest BCUT2D eigenvalue weighted by atomic mass is 9.70. The molecule has 7 nitrogen and oxygen atoms in total. The molecule has 2 unspecified atom stereocenters. The van der Waals surface area contributed by atoms with Crippen molar-refractivity contribution >= 4 is 23.7 Å². The quantitative estimate of drug-likeness (QED) is 0.650. The second kappa shape index (κ2) is 7.43. The van der Waals surface area contributed by atoms with Crippen LogP contribution in [0.1, 0.15) is 59.8 Å². The van der Waals surface area contributed by atoms with Crippen molar-refractivity contribution in [2.75, 3.05) is 6.61 Å². The van der Waals surface area contributed by atoms with Gasteiger partial charge in [-0.1, -0.05) is 18.6 Å². The van der Waals surface area contributed by atoms with E-state index in [-0.39, 0.29) is 43.0 Å². The Bertz CT molecular complexity index is 830. The van der Waals surface area contributed by atoms with Crippen molar-refractivity contribution in [1.29, 1.82) is 0 Å². The van der Waals surface area contributed by atoms with Gasteiger partial charge in [0.05, 0.1) is 5.41 Å². The number of hydrogen-bond acceptors (Lipinski definition) is 6. The van der Waals surface area contributed by atoms with E-state index in [0.717, 1.165) is 24.0 Å². The van der Waals surface area contributed by atoms with Gasteiger partial charge in [0.2, 0.25) is 0 Å². The van der Waals surface area contributed by atoms with Crippen molar-refractivity contribution in [3.8, 4) is 0 Å². The van der Waals surface area contributed by atoms with Crippen molar-refractivity contribution in [3.05, 3.63) is 22.8 Å². The molecule has 0 aromatic heterocycles. The number of aliphatic carboxylic acids is 1. The number of carbonyl (C=O) groups is 4. The van der Waals surface area contributed by atoms with E-state index in [1.54, 1.807) is 6.08 Å². The fourth-order valence-electron chi connectivity index (χ4n) is 4.72. The molecule has 0 aromatic rings. The maximum absolute atomic E-state index is 13.1. The highest BCUT2D eigenvalue weighted by Crippen LogP contribution is 2.64. The molecule has 3 atom stereocenters. The smallest absolute Gasteiger partial charge is 0.306 e. The lowest BCUT2D eigenvalue weighted by Gasteiger charge is -2.36. The third-order valence-corrected chi connectivity index (χ3v) is 6.66. The second-order valence-electron chi connectivity index (χ2n) is 8.74. The standard InChI is InChI=1S/C22H28O7/c1-12-18-15(19(27)13(2)22(12)8-9-22)10-21(4,11-28-14(3)23)20(18)29-17(26)7-5-6-16(24)25/h10,13,20H,5-9,11H2,1-4H3,(H,24,25)/t13-,20?,21?/m1/s1. The zero-order valence-electron chi connectivity index (χ0n) is 17.4. The largest absolute Gasteiger partial charge is 0.481 e. The molecule has 7 heteroatoms. The van der Waals surface area contributed by atoms with Gasteiger partial charge in [-0.3, -0.25) is 19.2 Å². The summed E-state index contributed by atoms with van der Waals surface area (Å²) in [5, 5.41) is 8.77. The monoisotopic (exact) mass is 404 g/mol. The van der Waals surface area contributed by atoms with Gasteiger partial charge in [0.25, 0.3) is 0 Å². The molecule has 158 valence electrons.